The number of aliphatic hydroxyl groups is 1. The van der Waals surface area contributed by atoms with E-state index in [1.807, 2.05) is 6.07 Å². The fourth-order valence-corrected chi connectivity index (χ4v) is 2.87. The van der Waals surface area contributed by atoms with Crippen LogP contribution in [0.25, 0.3) is 0 Å². The minimum absolute atomic E-state index is 0.00722. The molecule has 3 N–H and O–H groups in total. The van der Waals surface area contributed by atoms with Gasteiger partial charge in [-0.1, -0.05) is 22.0 Å². The third kappa shape index (κ3) is 1.84. The highest BCUT2D eigenvalue weighted by Gasteiger charge is 2.44. The number of nitrogens with two attached hydrogens (primary N) is 1. The van der Waals surface area contributed by atoms with Crippen LogP contribution in [-0.2, 0) is 5.41 Å². The van der Waals surface area contributed by atoms with Gasteiger partial charge in [0.2, 0.25) is 0 Å². The fraction of sp³-hybridized carbons (Fsp3) is 0.500. The molecule has 0 heterocycles. The van der Waals surface area contributed by atoms with Crippen molar-refractivity contribution in [1.29, 1.82) is 0 Å². The first-order chi connectivity index (χ1) is 7.07. The Balaban J connectivity index is 2.39. The van der Waals surface area contributed by atoms with E-state index in [9.17, 15) is 5.11 Å². The van der Waals surface area contributed by atoms with Crippen LogP contribution in [-0.4, -0.2) is 17.8 Å². The second kappa shape index (κ2) is 3.89. The van der Waals surface area contributed by atoms with E-state index >= 15 is 0 Å². The molecule has 1 aromatic rings. The van der Waals surface area contributed by atoms with Crippen LogP contribution in [0.1, 0.15) is 24.0 Å². The van der Waals surface area contributed by atoms with Gasteiger partial charge in [0.25, 0.3) is 0 Å². The minimum atomic E-state index is -0.174. The van der Waals surface area contributed by atoms with Crippen LogP contribution < -0.4 is 5.73 Å². The molecule has 0 spiro atoms. The van der Waals surface area contributed by atoms with Crippen molar-refractivity contribution in [2.24, 2.45) is 5.73 Å². The normalized spacial score (nSPS) is 30.0. The zero-order valence-electron chi connectivity index (χ0n) is 8.83. The first-order valence-corrected chi connectivity index (χ1v) is 6.01. The van der Waals surface area contributed by atoms with E-state index in [0.29, 0.717) is 6.54 Å². The Morgan fingerprint density at radius 1 is 1.53 bits per heavy atom. The van der Waals surface area contributed by atoms with Gasteiger partial charge in [0.1, 0.15) is 0 Å². The van der Waals surface area contributed by atoms with E-state index in [0.717, 1.165) is 17.3 Å². The number of hydrogen-bond acceptors (Lipinski definition) is 2. The van der Waals surface area contributed by atoms with Crippen molar-refractivity contribution in [2.75, 3.05) is 6.54 Å². The monoisotopic (exact) mass is 269 g/mol. The molecular formula is C12H16BrNO. The summed E-state index contributed by atoms with van der Waals surface area (Å²) < 4.78 is 1.08. The van der Waals surface area contributed by atoms with Crippen LogP contribution in [0.2, 0.25) is 0 Å². The SMILES string of the molecule is Cc1ccc(Br)cc1C1(CN)CC(O)C1. The topological polar surface area (TPSA) is 46.2 Å². The molecule has 2 rings (SSSR count). The Bertz CT molecular complexity index is 372. The van der Waals surface area contributed by atoms with E-state index in [2.05, 4.69) is 35.0 Å². The lowest BCUT2D eigenvalue weighted by atomic mass is 9.62. The molecule has 0 saturated heterocycles. The lowest BCUT2D eigenvalue weighted by Gasteiger charge is -2.46. The van der Waals surface area contributed by atoms with Crippen LogP contribution in [0, 0.1) is 6.92 Å². The van der Waals surface area contributed by atoms with Crippen LogP contribution >= 0.6 is 15.9 Å². The fourth-order valence-electron chi connectivity index (χ4n) is 2.50. The number of aryl methyl sites for hydroxylation is 1. The van der Waals surface area contributed by atoms with Crippen molar-refractivity contribution in [3.63, 3.8) is 0 Å². The Hall–Kier alpha value is -0.380. The molecule has 0 unspecified atom stereocenters. The second-order valence-corrected chi connectivity index (χ2v) is 5.42. The maximum Gasteiger partial charge on any atom is 0.0558 e. The van der Waals surface area contributed by atoms with Crippen molar-refractivity contribution >= 4 is 15.9 Å². The predicted octanol–water partition coefficient (Wildman–Crippen LogP) is 2.11. The third-order valence-electron chi connectivity index (χ3n) is 3.41. The molecular weight excluding hydrogens is 254 g/mol. The van der Waals surface area contributed by atoms with Crippen molar-refractivity contribution in [3.05, 3.63) is 33.8 Å². The molecule has 15 heavy (non-hydrogen) atoms. The summed E-state index contributed by atoms with van der Waals surface area (Å²) in [5.41, 5.74) is 8.40. The number of rotatable bonds is 2. The molecule has 1 saturated carbocycles. The molecule has 1 aliphatic carbocycles. The van der Waals surface area contributed by atoms with Gasteiger partial charge in [-0.3, -0.25) is 0 Å². The average molecular weight is 270 g/mol. The third-order valence-corrected chi connectivity index (χ3v) is 3.91. The smallest absolute Gasteiger partial charge is 0.0558 e. The molecule has 1 aliphatic rings. The van der Waals surface area contributed by atoms with Crippen molar-refractivity contribution < 1.29 is 5.11 Å². The lowest BCUT2D eigenvalue weighted by molar-refractivity contribution is 0.0218. The average Bonchev–Trinajstić information content (AvgIpc) is 2.17. The minimum Gasteiger partial charge on any atom is -0.393 e. The molecule has 0 atom stereocenters. The Labute approximate surface area is 98.6 Å². The second-order valence-electron chi connectivity index (χ2n) is 4.51. The van der Waals surface area contributed by atoms with Gasteiger partial charge in [-0.05, 0) is 43.0 Å². The molecule has 1 fully saturated rings. The first kappa shape index (κ1) is 11.1. The molecule has 2 nitrogen and oxygen atoms in total. The van der Waals surface area contributed by atoms with E-state index in [1.165, 1.54) is 11.1 Å². The van der Waals surface area contributed by atoms with Gasteiger partial charge in [0.05, 0.1) is 6.10 Å². The maximum absolute atomic E-state index is 9.47. The van der Waals surface area contributed by atoms with Crippen LogP contribution in [0.15, 0.2) is 22.7 Å². The van der Waals surface area contributed by atoms with Crippen LogP contribution in [0.3, 0.4) is 0 Å². The van der Waals surface area contributed by atoms with Gasteiger partial charge < -0.3 is 10.8 Å². The quantitative estimate of drug-likeness (QED) is 0.864. The van der Waals surface area contributed by atoms with Crippen LogP contribution in [0.5, 0.6) is 0 Å². The van der Waals surface area contributed by atoms with Crippen molar-refractivity contribution in [2.45, 2.75) is 31.3 Å². The van der Waals surface area contributed by atoms with Crippen molar-refractivity contribution in [3.8, 4) is 0 Å². The molecule has 0 bridgehead atoms. The highest BCUT2D eigenvalue weighted by Crippen LogP contribution is 2.44. The zero-order valence-corrected chi connectivity index (χ0v) is 10.4. The zero-order chi connectivity index (χ0) is 11.1. The summed E-state index contributed by atoms with van der Waals surface area (Å²) in [5, 5.41) is 9.47. The number of halogens is 1. The standard InChI is InChI=1S/C12H16BrNO/c1-8-2-3-9(13)4-11(8)12(7-14)5-10(15)6-12/h2-4,10,15H,5-7,14H2,1H3. The molecule has 3 heteroatoms. The number of benzene rings is 1. The van der Waals surface area contributed by atoms with Gasteiger partial charge in [-0.25, -0.2) is 0 Å². The summed E-state index contributed by atoms with van der Waals surface area (Å²) in [6, 6.07) is 6.27. The van der Waals surface area contributed by atoms with Crippen molar-refractivity contribution in [1.82, 2.24) is 0 Å². The Morgan fingerprint density at radius 3 is 2.73 bits per heavy atom. The summed E-state index contributed by atoms with van der Waals surface area (Å²) in [6.45, 7) is 2.71. The van der Waals surface area contributed by atoms with Gasteiger partial charge in [-0.2, -0.15) is 0 Å². The largest absolute Gasteiger partial charge is 0.393 e. The summed E-state index contributed by atoms with van der Waals surface area (Å²) in [5.74, 6) is 0. The summed E-state index contributed by atoms with van der Waals surface area (Å²) in [4.78, 5) is 0. The maximum atomic E-state index is 9.47. The molecule has 82 valence electrons. The number of aliphatic hydroxyl groups excluding tert-OH is 1. The van der Waals surface area contributed by atoms with E-state index in [-0.39, 0.29) is 11.5 Å². The molecule has 0 amide bonds. The van der Waals surface area contributed by atoms with Gasteiger partial charge >= 0.3 is 0 Å². The Morgan fingerprint density at radius 2 is 2.20 bits per heavy atom. The summed E-state index contributed by atoms with van der Waals surface area (Å²) in [6.07, 6.45) is 1.41. The molecule has 0 aromatic heterocycles. The van der Waals surface area contributed by atoms with E-state index < -0.39 is 0 Å². The van der Waals surface area contributed by atoms with E-state index in [1.54, 1.807) is 0 Å². The number of hydrogen-bond donors (Lipinski definition) is 2. The summed E-state index contributed by atoms with van der Waals surface area (Å²) >= 11 is 3.48. The lowest BCUT2D eigenvalue weighted by Crippen LogP contribution is -2.50. The molecule has 0 radical (unpaired) electrons. The Kier molecular flexibility index (Phi) is 2.88. The van der Waals surface area contributed by atoms with E-state index in [4.69, 9.17) is 5.73 Å². The predicted molar refractivity (Wildman–Crippen MR) is 64.9 cm³/mol. The highest BCUT2D eigenvalue weighted by atomic mass is 79.9. The van der Waals surface area contributed by atoms with Crippen LogP contribution in [0.4, 0.5) is 0 Å². The van der Waals surface area contributed by atoms with Gasteiger partial charge in [0, 0.05) is 16.4 Å². The highest BCUT2D eigenvalue weighted by molar-refractivity contribution is 9.10. The first-order valence-electron chi connectivity index (χ1n) is 5.22. The summed E-state index contributed by atoms with van der Waals surface area (Å²) in [7, 11) is 0. The molecule has 0 aliphatic heterocycles. The van der Waals surface area contributed by atoms with Gasteiger partial charge in [0.15, 0.2) is 0 Å². The molecule has 1 aromatic carbocycles. The van der Waals surface area contributed by atoms with Gasteiger partial charge in [-0.15, -0.1) is 0 Å².